The monoisotopic (exact) mass is 426 g/mol. The van der Waals surface area contributed by atoms with E-state index < -0.39 is 5.97 Å². The Labute approximate surface area is 181 Å². The lowest BCUT2D eigenvalue weighted by Crippen LogP contribution is -2.20. The van der Waals surface area contributed by atoms with Gasteiger partial charge in [-0.25, -0.2) is 20.3 Å². The van der Waals surface area contributed by atoms with E-state index in [1.54, 1.807) is 30.6 Å². The Morgan fingerprint density at radius 3 is 2.32 bits per heavy atom. The van der Waals surface area contributed by atoms with E-state index in [4.69, 9.17) is 10.3 Å². The fourth-order valence-corrected chi connectivity index (χ4v) is 3.19. The van der Waals surface area contributed by atoms with E-state index in [0.29, 0.717) is 24.3 Å². The first-order valence-electron chi connectivity index (χ1n) is 10.0. The van der Waals surface area contributed by atoms with Crippen molar-refractivity contribution in [3.8, 4) is 11.1 Å². The van der Waals surface area contributed by atoms with Crippen LogP contribution in [0, 0.1) is 5.82 Å². The summed E-state index contributed by atoms with van der Waals surface area (Å²) in [5.74, 6) is 3.95. The molecule has 1 aromatic carbocycles. The Balaban J connectivity index is 0.00000166. The van der Waals surface area contributed by atoms with E-state index in [0.717, 1.165) is 30.6 Å². The minimum absolute atomic E-state index is 0.205. The predicted octanol–water partition coefficient (Wildman–Crippen LogP) is 4.79. The summed E-state index contributed by atoms with van der Waals surface area (Å²) in [5.41, 5.74) is 1.29. The summed E-state index contributed by atoms with van der Waals surface area (Å²) < 4.78 is 14.2. The van der Waals surface area contributed by atoms with Crippen LogP contribution in [0.2, 0.25) is 0 Å². The minimum Gasteiger partial charge on any atom is -0.481 e. The third kappa shape index (κ3) is 7.44. The standard InChI is InChI=1S/C23H24FN3O2.H3NO/c24-20-10-5-4-9-19(20)18-13-15-26-22(17-18)27(21-11-6-7-14-25-21)16-8-2-1-3-12-23(28)29;1-2/h4-7,9-11,13-15,17H,1-3,8,12,16H2,(H,28,29);2H,1H2. The van der Waals surface area contributed by atoms with Gasteiger partial charge < -0.3 is 15.2 Å². The molecule has 2 aromatic heterocycles. The fraction of sp³-hybridized carbons (Fsp3) is 0.261. The van der Waals surface area contributed by atoms with Crippen molar-refractivity contribution in [3.63, 3.8) is 0 Å². The molecule has 0 aliphatic rings. The number of hydrogen-bond donors (Lipinski definition) is 3. The molecule has 0 saturated carbocycles. The van der Waals surface area contributed by atoms with Crippen LogP contribution in [-0.4, -0.2) is 32.8 Å². The van der Waals surface area contributed by atoms with Gasteiger partial charge in [0.05, 0.1) is 0 Å². The fourth-order valence-electron chi connectivity index (χ4n) is 3.19. The third-order valence-corrected chi connectivity index (χ3v) is 4.66. The lowest BCUT2D eigenvalue weighted by atomic mass is 10.1. The first kappa shape index (κ1) is 23.9. The second kappa shape index (κ2) is 13.0. The number of carboxylic acid groups (broad SMARTS) is 1. The molecular formula is C23H27FN4O3. The minimum atomic E-state index is -0.755. The van der Waals surface area contributed by atoms with Crippen LogP contribution in [0.1, 0.15) is 32.1 Å². The van der Waals surface area contributed by atoms with Gasteiger partial charge >= 0.3 is 5.97 Å². The summed E-state index contributed by atoms with van der Waals surface area (Å²) in [7, 11) is 0. The van der Waals surface area contributed by atoms with Crippen molar-refractivity contribution in [2.24, 2.45) is 5.90 Å². The number of hydrogen-bond acceptors (Lipinski definition) is 6. The quantitative estimate of drug-likeness (QED) is 0.315. The normalized spacial score (nSPS) is 10.2. The maximum Gasteiger partial charge on any atom is 0.303 e. The summed E-state index contributed by atoms with van der Waals surface area (Å²) in [5, 5.41) is 15.2. The SMILES string of the molecule is NO.O=C(O)CCCCCCN(c1ccccn1)c1cc(-c2ccccc2F)ccn1. The Morgan fingerprint density at radius 1 is 0.903 bits per heavy atom. The van der Waals surface area contributed by atoms with Crippen molar-refractivity contribution >= 4 is 17.6 Å². The number of benzene rings is 1. The zero-order chi connectivity index (χ0) is 22.5. The number of nitrogens with two attached hydrogens (primary N) is 1. The van der Waals surface area contributed by atoms with Crippen molar-refractivity contribution in [1.82, 2.24) is 9.97 Å². The molecule has 31 heavy (non-hydrogen) atoms. The molecule has 164 valence electrons. The van der Waals surface area contributed by atoms with Crippen LogP contribution in [0.4, 0.5) is 16.0 Å². The lowest BCUT2D eigenvalue weighted by molar-refractivity contribution is -0.137. The molecule has 2 heterocycles. The molecule has 4 N–H and O–H groups in total. The third-order valence-electron chi connectivity index (χ3n) is 4.66. The number of rotatable bonds is 10. The van der Waals surface area contributed by atoms with Crippen LogP contribution >= 0.6 is 0 Å². The molecule has 0 spiro atoms. The second-order valence-corrected chi connectivity index (χ2v) is 6.78. The van der Waals surface area contributed by atoms with Crippen LogP contribution in [0.5, 0.6) is 0 Å². The number of carboxylic acids is 1. The van der Waals surface area contributed by atoms with Crippen molar-refractivity contribution in [2.45, 2.75) is 32.1 Å². The number of pyridine rings is 2. The molecule has 8 heteroatoms. The lowest BCUT2D eigenvalue weighted by Gasteiger charge is -2.23. The zero-order valence-corrected chi connectivity index (χ0v) is 17.2. The molecule has 0 saturated heterocycles. The van der Waals surface area contributed by atoms with Gasteiger partial charge in [-0.1, -0.05) is 37.1 Å². The van der Waals surface area contributed by atoms with Crippen LogP contribution in [0.15, 0.2) is 67.0 Å². The molecule has 7 nitrogen and oxygen atoms in total. The molecule has 0 radical (unpaired) electrons. The van der Waals surface area contributed by atoms with E-state index in [-0.39, 0.29) is 12.2 Å². The van der Waals surface area contributed by atoms with E-state index in [9.17, 15) is 9.18 Å². The van der Waals surface area contributed by atoms with E-state index in [1.165, 1.54) is 6.07 Å². The molecule has 0 bridgehead atoms. The van der Waals surface area contributed by atoms with E-state index in [1.807, 2.05) is 35.2 Å². The topological polar surface area (TPSA) is 113 Å². The van der Waals surface area contributed by atoms with Crippen LogP contribution < -0.4 is 10.8 Å². The highest BCUT2D eigenvalue weighted by atomic mass is 19.1. The number of aliphatic carboxylic acids is 1. The predicted molar refractivity (Wildman–Crippen MR) is 118 cm³/mol. The number of unbranched alkanes of at least 4 members (excludes halogenated alkanes) is 3. The van der Waals surface area contributed by atoms with Gasteiger partial charge in [-0.2, -0.15) is 0 Å². The highest BCUT2D eigenvalue weighted by Crippen LogP contribution is 2.28. The molecule has 0 atom stereocenters. The number of carbonyl (C=O) groups is 1. The van der Waals surface area contributed by atoms with Crippen LogP contribution in [-0.2, 0) is 4.79 Å². The molecule has 3 aromatic rings. The Hall–Kier alpha value is -3.36. The van der Waals surface area contributed by atoms with Gasteiger partial charge in [0.25, 0.3) is 0 Å². The maximum absolute atomic E-state index is 14.2. The molecule has 0 fully saturated rings. The van der Waals surface area contributed by atoms with E-state index >= 15 is 0 Å². The van der Waals surface area contributed by atoms with Gasteiger partial charge in [-0.3, -0.25) is 4.79 Å². The van der Waals surface area contributed by atoms with Gasteiger partial charge in [-0.05, 0) is 48.7 Å². The second-order valence-electron chi connectivity index (χ2n) is 6.78. The molecule has 0 aliphatic carbocycles. The molecule has 0 amide bonds. The highest BCUT2D eigenvalue weighted by Gasteiger charge is 2.13. The summed E-state index contributed by atoms with van der Waals surface area (Å²) in [6, 6.07) is 16.0. The molecule has 0 unspecified atom stereocenters. The van der Waals surface area contributed by atoms with Crippen molar-refractivity contribution in [3.05, 3.63) is 72.8 Å². The summed E-state index contributed by atoms with van der Waals surface area (Å²) in [4.78, 5) is 21.6. The average molecular weight is 426 g/mol. The number of halogens is 1. The summed E-state index contributed by atoms with van der Waals surface area (Å²) in [6.07, 6.45) is 6.96. The van der Waals surface area contributed by atoms with Gasteiger partial charge in [-0.15, -0.1) is 0 Å². The smallest absolute Gasteiger partial charge is 0.303 e. The van der Waals surface area contributed by atoms with Crippen molar-refractivity contribution in [2.75, 3.05) is 11.4 Å². The first-order valence-corrected chi connectivity index (χ1v) is 10.0. The maximum atomic E-state index is 14.2. The largest absolute Gasteiger partial charge is 0.481 e. The van der Waals surface area contributed by atoms with Crippen LogP contribution in [0.3, 0.4) is 0 Å². The Morgan fingerprint density at radius 2 is 1.61 bits per heavy atom. The molecule has 0 aliphatic heterocycles. The van der Waals surface area contributed by atoms with Crippen LogP contribution in [0.25, 0.3) is 11.1 Å². The van der Waals surface area contributed by atoms with Crippen molar-refractivity contribution in [1.29, 1.82) is 0 Å². The van der Waals surface area contributed by atoms with Gasteiger partial charge in [0.15, 0.2) is 0 Å². The van der Waals surface area contributed by atoms with Gasteiger partial charge in [0.2, 0.25) is 0 Å². The van der Waals surface area contributed by atoms with Crippen molar-refractivity contribution < 1.29 is 19.5 Å². The van der Waals surface area contributed by atoms with Gasteiger partial charge in [0, 0.05) is 30.9 Å². The Bertz CT molecular complexity index is 941. The zero-order valence-electron chi connectivity index (χ0n) is 17.2. The summed E-state index contributed by atoms with van der Waals surface area (Å²) >= 11 is 0. The molecule has 3 rings (SSSR count). The highest BCUT2D eigenvalue weighted by molar-refractivity contribution is 5.69. The number of aromatic nitrogens is 2. The Kier molecular flexibility index (Phi) is 10.1. The number of anilines is 2. The summed E-state index contributed by atoms with van der Waals surface area (Å²) in [6.45, 7) is 0.692. The first-order chi connectivity index (χ1) is 15.1. The number of nitrogens with zero attached hydrogens (tertiary/aromatic N) is 3. The average Bonchev–Trinajstić information content (AvgIpc) is 2.81. The van der Waals surface area contributed by atoms with Gasteiger partial charge in [0.1, 0.15) is 17.5 Å². The molecular weight excluding hydrogens is 399 g/mol. The van der Waals surface area contributed by atoms with E-state index in [2.05, 4.69) is 15.9 Å².